The molecule has 2 saturated heterocycles. The maximum absolute atomic E-state index is 14.5. The van der Waals surface area contributed by atoms with Gasteiger partial charge in [0.1, 0.15) is 34.6 Å². The summed E-state index contributed by atoms with van der Waals surface area (Å²) in [5, 5.41) is 10.0. The Balaban J connectivity index is 1.33. The summed E-state index contributed by atoms with van der Waals surface area (Å²) >= 11 is 0. The van der Waals surface area contributed by atoms with E-state index >= 15 is 0 Å². The van der Waals surface area contributed by atoms with Crippen molar-refractivity contribution in [2.75, 3.05) is 39.3 Å². The lowest BCUT2D eigenvalue weighted by molar-refractivity contribution is 0.0129. The van der Waals surface area contributed by atoms with E-state index < -0.39 is 34.6 Å². The van der Waals surface area contributed by atoms with Crippen LogP contribution in [0.2, 0.25) is 0 Å². The molecule has 1 N–H and O–H groups in total. The van der Waals surface area contributed by atoms with Gasteiger partial charge in [0.05, 0.1) is 5.56 Å². The number of pyridine rings is 1. The van der Waals surface area contributed by atoms with Crippen molar-refractivity contribution in [1.82, 2.24) is 19.7 Å². The van der Waals surface area contributed by atoms with Crippen molar-refractivity contribution in [2.24, 2.45) is 0 Å². The molecule has 1 aromatic heterocycles. The van der Waals surface area contributed by atoms with Crippen LogP contribution < -0.4 is 0 Å². The lowest BCUT2D eigenvalue weighted by Gasteiger charge is -2.47. The van der Waals surface area contributed by atoms with Crippen molar-refractivity contribution < 1.29 is 27.9 Å². The molecule has 0 saturated carbocycles. The number of nitrogens with zero attached hydrogens (tertiary/aromatic N) is 4. The molecule has 7 nitrogen and oxygen atoms in total. The molecular formula is C28H27F3N4O3. The molecule has 2 aliphatic rings. The summed E-state index contributed by atoms with van der Waals surface area (Å²) in [6, 6.07) is 8.60. The third-order valence-electron chi connectivity index (χ3n) is 7.27. The number of piperazine rings is 2. The molecule has 5 rings (SSSR count). The highest BCUT2D eigenvalue weighted by Gasteiger charge is 2.36. The quantitative estimate of drug-likeness (QED) is 0.565. The van der Waals surface area contributed by atoms with E-state index in [1.165, 1.54) is 12.1 Å². The molecule has 0 radical (unpaired) electrons. The SMILES string of the molecule is Cc1cc(C(=O)N2CCN3CCN(C(=O)c4ccc(F)c(-c5c(F)cccc5F)n4)CC3C2)cc(C)c1O. The fraction of sp³-hybridized carbons (Fsp3) is 0.321. The Hall–Kier alpha value is -3.92. The van der Waals surface area contributed by atoms with E-state index in [9.17, 15) is 27.9 Å². The normalized spacial score (nSPS) is 17.9. The standard InChI is InChI=1S/C28H27F3N4O3/c1-16-12-18(13-17(2)26(16)36)27(37)34-10-8-33-9-11-35(15-19(33)14-34)28(38)23-7-6-22(31)25(32-23)24-20(29)4-3-5-21(24)30/h3-7,12-13,19,36H,8-11,14-15H2,1-2H3. The summed E-state index contributed by atoms with van der Waals surface area (Å²) in [5.74, 6) is -3.33. The van der Waals surface area contributed by atoms with Crippen LogP contribution in [-0.4, -0.2) is 81.9 Å². The van der Waals surface area contributed by atoms with Gasteiger partial charge in [0.2, 0.25) is 0 Å². The zero-order chi connectivity index (χ0) is 27.1. The zero-order valence-corrected chi connectivity index (χ0v) is 21.0. The van der Waals surface area contributed by atoms with Gasteiger partial charge in [-0.05, 0) is 61.4 Å². The molecule has 0 aliphatic carbocycles. The van der Waals surface area contributed by atoms with Crippen molar-refractivity contribution in [2.45, 2.75) is 19.9 Å². The molecule has 3 aromatic rings. The Labute approximate surface area is 218 Å². The largest absolute Gasteiger partial charge is 0.507 e. The summed E-state index contributed by atoms with van der Waals surface area (Å²) in [5.41, 5.74) is 0.463. The van der Waals surface area contributed by atoms with Crippen molar-refractivity contribution in [3.8, 4) is 17.0 Å². The van der Waals surface area contributed by atoms with E-state index in [0.29, 0.717) is 56.0 Å². The highest BCUT2D eigenvalue weighted by Crippen LogP contribution is 2.28. The molecular weight excluding hydrogens is 497 g/mol. The molecule has 2 fully saturated rings. The smallest absolute Gasteiger partial charge is 0.272 e. The first-order valence-corrected chi connectivity index (χ1v) is 12.4. The lowest BCUT2D eigenvalue weighted by Crippen LogP contribution is -2.63. The van der Waals surface area contributed by atoms with Gasteiger partial charge >= 0.3 is 0 Å². The Morgan fingerprint density at radius 1 is 0.842 bits per heavy atom. The highest BCUT2D eigenvalue weighted by atomic mass is 19.1. The second kappa shape index (κ2) is 10.1. The van der Waals surface area contributed by atoms with Crippen LogP contribution >= 0.6 is 0 Å². The van der Waals surface area contributed by atoms with Crippen LogP contribution in [0.25, 0.3) is 11.3 Å². The third-order valence-corrected chi connectivity index (χ3v) is 7.27. The van der Waals surface area contributed by atoms with E-state index in [-0.39, 0.29) is 23.4 Å². The molecule has 10 heteroatoms. The van der Waals surface area contributed by atoms with Gasteiger partial charge in [-0.3, -0.25) is 14.5 Å². The fourth-order valence-electron chi connectivity index (χ4n) is 5.21. The van der Waals surface area contributed by atoms with Crippen LogP contribution in [0.3, 0.4) is 0 Å². The van der Waals surface area contributed by atoms with Gasteiger partial charge in [-0.25, -0.2) is 18.2 Å². The first kappa shape index (κ1) is 25.7. The number of halogens is 3. The van der Waals surface area contributed by atoms with E-state index in [1.54, 1.807) is 35.8 Å². The topological polar surface area (TPSA) is 77.0 Å². The number of hydrogen-bond donors (Lipinski definition) is 1. The predicted octanol–water partition coefficient (Wildman–Crippen LogP) is 3.77. The summed E-state index contributed by atoms with van der Waals surface area (Å²) in [6.07, 6.45) is 0. The number of hydrogen-bond acceptors (Lipinski definition) is 5. The van der Waals surface area contributed by atoms with E-state index in [4.69, 9.17) is 0 Å². The number of aryl methyl sites for hydroxylation is 2. The van der Waals surface area contributed by atoms with Crippen LogP contribution in [-0.2, 0) is 0 Å². The summed E-state index contributed by atoms with van der Waals surface area (Å²) in [6.45, 7) is 6.41. The zero-order valence-electron chi connectivity index (χ0n) is 21.0. The highest BCUT2D eigenvalue weighted by molar-refractivity contribution is 5.95. The molecule has 0 bridgehead atoms. The lowest BCUT2D eigenvalue weighted by atomic mass is 10.0. The number of benzene rings is 2. The Kier molecular flexibility index (Phi) is 6.83. The van der Waals surface area contributed by atoms with Crippen LogP contribution in [0.1, 0.15) is 32.0 Å². The summed E-state index contributed by atoms with van der Waals surface area (Å²) < 4.78 is 43.1. The van der Waals surface area contributed by atoms with Gasteiger partial charge in [-0.15, -0.1) is 0 Å². The summed E-state index contributed by atoms with van der Waals surface area (Å²) in [7, 11) is 0. The number of phenols is 1. The van der Waals surface area contributed by atoms with E-state index in [2.05, 4.69) is 9.88 Å². The Morgan fingerprint density at radius 3 is 2.03 bits per heavy atom. The minimum absolute atomic E-state index is 0.115. The van der Waals surface area contributed by atoms with Crippen LogP contribution in [0.5, 0.6) is 5.75 Å². The minimum Gasteiger partial charge on any atom is -0.507 e. The van der Waals surface area contributed by atoms with Gasteiger partial charge in [-0.1, -0.05) is 6.07 Å². The van der Waals surface area contributed by atoms with Gasteiger partial charge in [-0.2, -0.15) is 0 Å². The molecule has 0 spiro atoms. The Bertz CT molecular complexity index is 1390. The van der Waals surface area contributed by atoms with E-state index in [0.717, 1.165) is 18.2 Å². The molecule has 38 heavy (non-hydrogen) atoms. The van der Waals surface area contributed by atoms with Gasteiger partial charge in [0, 0.05) is 50.9 Å². The van der Waals surface area contributed by atoms with Crippen LogP contribution in [0.15, 0.2) is 42.5 Å². The second-order valence-electron chi connectivity index (χ2n) is 9.77. The summed E-state index contributed by atoms with van der Waals surface area (Å²) in [4.78, 5) is 36.1. The average Bonchev–Trinajstić information content (AvgIpc) is 2.90. The van der Waals surface area contributed by atoms with Gasteiger partial charge in [0.15, 0.2) is 0 Å². The number of rotatable bonds is 3. The molecule has 2 aromatic carbocycles. The first-order chi connectivity index (χ1) is 18.1. The fourth-order valence-corrected chi connectivity index (χ4v) is 5.21. The molecule has 1 atom stereocenters. The molecule has 198 valence electrons. The second-order valence-corrected chi connectivity index (χ2v) is 9.77. The number of carbonyl (C=O) groups excluding carboxylic acids is 2. The number of phenolic OH excluding ortho intramolecular Hbond substituents is 1. The van der Waals surface area contributed by atoms with Crippen LogP contribution in [0.4, 0.5) is 13.2 Å². The van der Waals surface area contributed by atoms with Crippen LogP contribution in [0, 0.1) is 31.3 Å². The molecule has 2 amide bonds. The molecule has 2 aliphatic heterocycles. The number of amides is 2. The molecule has 1 unspecified atom stereocenters. The van der Waals surface area contributed by atoms with Crippen molar-refractivity contribution in [1.29, 1.82) is 0 Å². The number of aromatic nitrogens is 1. The third kappa shape index (κ3) is 4.71. The predicted molar refractivity (Wildman–Crippen MR) is 134 cm³/mol. The molecule has 3 heterocycles. The van der Waals surface area contributed by atoms with Gasteiger partial charge < -0.3 is 14.9 Å². The maximum Gasteiger partial charge on any atom is 0.272 e. The Morgan fingerprint density at radius 2 is 1.42 bits per heavy atom. The number of carbonyl (C=O) groups is 2. The average molecular weight is 525 g/mol. The van der Waals surface area contributed by atoms with Gasteiger partial charge in [0.25, 0.3) is 11.8 Å². The number of aromatic hydroxyl groups is 1. The number of fused-ring (bicyclic) bond motifs is 1. The first-order valence-electron chi connectivity index (χ1n) is 12.4. The monoisotopic (exact) mass is 524 g/mol. The van der Waals surface area contributed by atoms with E-state index in [1.807, 2.05) is 0 Å². The maximum atomic E-state index is 14.5. The van der Waals surface area contributed by atoms with Crippen molar-refractivity contribution >= 4 is 11.8 Å². The van der Waals surface area contributed by atoms with Crippen molar-refractivity contribution in [3.05, 3.63) is 82.3 Å². The van der Waals surface area contributed by atoms with Crippen molar-refractivity contribution in [3.63, 3.8) is 0 Å². The minimum atomic E-state index is -0.972.